The highest BCUT2D eigenvalue weighted by Gasteiger charge is 2.00. The molecule has 0 spiro atoms. The summed E-state index contributed by atoms with van der Waals surface area (Å²) < 4.78 is 0. The minimum Gasteiger partial charge on any atom is -0.370 e. The van der Waals surface area contributed by atoms with E-state index in [2.05, 4.69) is 43.2 Å². The number of nitrogens with one attached hydrogen (secondary N) is 1. The van der Waals surface area contributed by atoms with E-state index >= 15 is 0 Å². The number of hydrogen-bond acceptors (Lipinski definition) is 3. The van der Waals surface area contributed by atoms with Gasteiger partial charge >= 0.3 is 0 Å². The van der Waals surface area contributed by atoms with Crippen LogP contribution in [-0.2, 0) is 5.75 Å². The summed E-state index contributed by atoms with van der Waals surface area (Å²) in [7, 11) is 0. The molecule has 1 aromatic heterocycles. The second-order valence-corrected chi connectivity index (χ2v) is 5.44. The van der Waals surface area contributed by atoms with Crippen LogP contribution >= 0.6 is 11.8 Å². The molecule has 90 valence electrons. The van der Waals surface area contributed by atoms with Crippen molar-refractivity contribution in [1.29, 1.82) is 0 Å². The van der Waals surface area contributed by atoms with E-state index in [1.165, 1.54) is 12.0 Å². The highest BCUT2D eigenvalue weighted by molar-refractivity contribution is 7.99. The van der Waals surface area contributed by atoms with Crippen molar-refractivity contribution in [2.45, 2.75) is 44.6 Å². The second-order valence-electron chi connectivity index (χ2n) is 4.01. The van der Waals surface area contributed by atoms with Crippen LogP contribution in [-0.4, -0.2) is 16.8 Å². The van der Waals surface area contributed by atoms with Crippen LogP contribution in [0.4, 0.5) is 5.82 Å². The van der Waals surface area contributed by atoms with Gasteiger partial charge in [-0.2, -0.15) is 11.8 Å². The minimum atomic E-state index is 0.734. The molecule has 0 fully saturated rings. The van der Waals surface area contributed by atoms with Gasteiger partial charge in [-0.1, -0.05) is 26.8 Å². The third-order valence-corrected chi connectivity index (χ3v) is 3.89. The molecule has 0 saturated carbocycles. The van der Waals surface area contributed by atoms with E-state index < -0.39 is 0 Å². The van der Waals surface area contributed by atoms with Crippen molar-refractivity contribution in [3.8, 4) is 0 Å². The van der Waals surface area contributed by atoms with Gasteiger partial charge in [-0.25, -0.2) is 4.98 Å². The Morgan fingerprint density at radius 3 is 2.75 bits per heavy atom. The lowest BCUT2D eigenvalue weighted by Gasteiger charge is -2.08. The summed E-state index contributed by atoms with van der Waals surface area (Å²) in [6, 6.07) is 4.24. The summed E-state index contributed by atoms with van der Waals surface area (Å²) in [5.74, 6) is 2.05. The van der Waals surface area contributed by atoms with Crippen LogP contribution in [0.25, 0.3) is 0 Å². The van der Waals surface area contributed by atoms with E-state index in [4.69, 9.17) is 0 Å². The van der Waals surface area contributed by atoms with Crippen molar-refractivity contribution < 1.29 is 0 Å². The SMILES string of the molecule is CCCNc1ccc(CSC(C)CC)cn1. The number of hydrogen-bond donors (Lipinski definition) is 1. The Balaban J connectivity index is 2.38. The summed E-state index contributed by atoms with van der Waals surface area (Å²) in [4.78, 5) is 4.40. The smallest absolute Gasteiger partial charge is 0.125 e. The van der Waals surface area contributed by atoms with Gasteiger partial charge in [-0.15, -0.1) is 0 Å². The number of nitrogens with zero attached hydrogens (tertiary/aromatic N) is 1. The fourth-order valence-electron chi connectivity index (χ4n) is 1.22. The maximum Gasteiger partial charge on any atom is 0.125 e. The molecule has 1 heterocycles. The molecule has 0 bridgehead atoms. The van der Waals surface area contributed by atoms with Gasteiger partial charge in [0.1, 0.15) is 5.82 Å². The normalized spacial score (nSPS) is 12.4. The summed E-state index contributed by atoms with van der Waals surface area (Å²) >= 11 is 1.99. The molecule has 0 aliphatic carbocycles. The van der Waals surface area contributed by atoms with Crippen molar-refractivity contribution in [1.82, 2.24) is 4.98 Å². The molecular weight excluding hydrogens is 216 g/mol. The number of rotatable bonds is 7. The van der Waals surface area contributed by atoms with E-state index in [0.29, 0.717) is 0 Å². The van der Waals surface area contributed by atoms with Crippen molar-refractivity contribution in [2.24, 2.45) is 0 Å². The molecule has 16 heavy (non-hydrogen) atoms. The predicted octanol–water partition coefficient (Wildman–Crippen LogP) is 3.94. The molecule has 0 amide bonds. The lowest BCUT2D eigenvalue weighted by atomic mass is 10.3. The number of aromatic nitrogens is 1. The van der Waals surface area contributed by atoms with E-state index in [-0.39, 0.29) is 0 Å². The van der Waals surface area contributed by atoms with E-state index in [0.717, 1.165) is 29.8 Å². The van der Waals surface area contributed by atoms with Gasteiger partial charge in [0.05, 0.1) is 0 Å². The fraction of sp³-hybridized carbons (Fsp3) is 0.615. The van der Waals surface area contributed by atoms with Gasteiger partial charge in [0, 0.05) is 23.7 Å². The summed E-state index contributed by atoms with van der Waals surface area (Å²) in [6.45, 7) is 7.65. The van der Waals surface area contributed by atoms with Crippen LogP contribution in [0.15, 0.2) is 18.3 Å². The second kappa shape index (κ2) is 7.55. The Labute approximate surface area is 103 Å². The number of pyridine rings is 1. The first-order chi connectivity index (χ1) is 7.76. The average Bonchev–Trinajstić information content (AvgIpc) is 2.34. The zero-order valence-corrected chi connectivity index (χ0v) is 11.3. The van der Waals surface area contributed by atoms with Crippen LogP contribution in [0.5, 0.6) is 0 Å². The maximum atomic E-state index is 4.40. The average molecular weight is 238 g/mol. The highest BCUT2D eigenvalue weighted by Crippen LogP contribution is 2.19. The topological polar surface area (TPSA) is 24.9 Å². The molecule has 0 saturated heterocycles. The molecule has 2 nitrogen and oxygen atoms in total. The molecular formula is C13H22N2S. The van der Waals surface area contributed by atoms with Crippen molar-refractivity contribution >= 4 is 17.6 Å². The first-order valence-electron chi connectivity index (χ1n) is 6.06. The standard InChI is InChI=1S/C13H22N2S/c1-4-8-14-13-7-6-12(9-15-13)10-16-11(3)5-2/h6-7,9,11H,4-5,8,10H2,1-3H3,(H,14,15). The van der Waals surface area contributed by atoms with Gasteiger partial charge < -0.3 is 5.32 Å². The molecule has 1 unspecified atom stereocenters. The molecule has 1 N–H and O–H groups in total. The van der Waals surface area contributed by atoms with Gasteiger partial charge in [0.15, 0.2) is 0 Å². The predicted molar refractivity (Wildman–Crippen MR) is 74.1 cm³/mol. The van der Waals surface area contributed by atoms with Crippen LogP contribution in [0.1, 0.15) is 39.2 Å². The van der Waals surface area contributed by atoms with Gasteiger partial charge in [0.2, 0.25) is 0 Å². The third kappa shape index (κ3) is 4.88. The Morgan fingerprint density at radius 2 is 2.19 bits per heavy atom. The van der Waals surface area contributed by atoms with Crippen LogP contribution in [0.2, 0.25) is 0 Å². The Hall–Kier alpha value is -0.700. The molecule has 0 aliphatic rings. The van der Waals surface area contributed by atoms with E-state index in [1.54, 1.807) is 0 Å². The zero-order valence-electron chi connectivity index (χ0n) is 10.5. The van der Waals surface area contributed by atoms with Gasteiger partial charge in [-0.3, -0.25) is 0 Å². The maximum absolute atomic E-state index is 4.40. The monoisotopic (exact) mass is 238 g/mol. The van der Waals surface area contributed by atoms with E-state index in [1.807, 2.05) is 18.0 Å². The Morgan fingerprint density at radius 1 is 1.38 bits per heavy atom. The van der Waals surface area contributed by atoms with Crippen molar-refractivity contribution in [3.63, 3.8) is 0 Å². The van der Waals surface area contributed by atoms with Crippen LogP contribution in [0.3, 0.4) is 0 Å². The molecule has 1 rings (SSSR count). The Kier molecular flexibility index (Phi) is 6.31. The third-order valence-electron chi connectivity index (χ3n) is 2.49. The largest absolute Gasteiger partial charge is 0.370 e. The Bertz CT molecular complexity index is 284. The quantitative estimate of drug-likeness (QED) is 0.779. The lowest BCUT2D eigenvalue weighted by molar-refractivity contribution is 0.905. The molecule has 0 radical (unpaired) electrons. The summed E-state index contributed by atoms with van der Waals surface area (Å²) in [6.07, 6.45) is 4.34. The van der Waals surface area contributed by atoms with E-state index in [9.17, 15) is 0 Å². The van der Waals surface area contributed by atoms with Crippen LogP contribution in [0, 0.1) is 0 Å². The molecule has 0 aliphatic heterocycles. The van der Waals surface area contributed by atoms with Gasteiger partial charge in [-0.05, 0) is 24.5 Å². The first-order valence-corrected chi connectivity index (χ1v) is 7.11. The number of thioether (sulfide) groups is 1. The number of anilines is 1. The van der Waals surface area contributed by atoms with Crippen molar-refractivity contribution in [3.05, 3.63) is 23.9 Å². The molecule has 0 aromatic carbocycles. The van der Waals surface area contributed by atoms with Gasteiger partial charge in [0.25, 0.3) is 0 Å². The van der Waals surface area contributed by atoms with Crippen LogP contribution < -0.4 is 5.32 Å². The zero-order chi connectivity index (χ0) is 11.8. The lowest BCUT2D eigenvalue weighted by Crippen LogP contribution is -2.01. The highest BCUT2D eigenvalue weighted by atomic mass is 32.2. The molecule has 1 aromatic rings. The molecule has 3 heteroatoms. The molecule has 1 atom stereocenters. The summed E-state index contributed by atoms with van der Waals surface area (Å²) in [5.41, 5.74) is 1.31. The van der Waals surface area contributed by atoms with Crippen molar-refractivity contribution in [2.75, 3.05) is 11.9 Å². The fourth-order valence-corrected chi connectivity index (χ4v) is 2.11. The summed E-state index contributed by atoms with van der Waals surface area (Å²) in [5, 5.41) is 4.01. The minimum absolute atomic E-state index is 0.734. The first kappa shape index (κ1) is 13.4.